The highest BCUT2D eigenvalue weighted by molar-refractivity contribution is 5.97. The fourth-order valence-corrected chi connectivity index (χ4v) is 2.33. The van der Waals surface area contributed by atoms with E-state index in [1.807, 2.05) is 0 Å². The van der Waals surface area contributed by atoms with Gasteiger partial charge in [0.1, 0.15) is 23.9 Å². The predicted octanol–water partition coefficient (Wildman–Crippen LogP) is 1.61. The number of amides is 2. The Bertz CT molecular complexity index is 539. The summed E-state index contributed by atoms with van der Waals surface area (Å²) in [6, 6.07) is 3.28. The zero-order valence-electron chi connectivity index (χ0n) is 12.3. The number of carbonyl (C=O) groups excluding carboxylic acids is 2. The largest absolute Gasteiger partial charge is 0.376 e. The molecule has 1 aromatic carbocycles. The number of anilines is 1. The third kappa shape index (κ3) is 4.00. The number of halogens is 2. The molecule has 1 saturated heterocycles. The van der Waals surface area contributed by atoms with Crippen molar-refractivity contribution in [2.45, 2.75) is 25.9 Å². The molecule has 120 valence electrons. The molecule has 1 atom stereocenters. The Hall–Kier alpha value is -2.02. The van der Waals surface area contributed by atoms with E-state index in [0.29, 0.717) is 13.2 Å². The molecule has 0 aliphatic carbocycles. The van der Waals surface area contributed by atoms with E-state index < -0.39 is 35.7 Å². The molecule has 5 nitrogen and oxygen atoms in total. The van der Waals surface area contributed by atoms with Crippen LogP contribution in [0.3, 0.4) is 0 Å². The SMILES string of the molecule is CC(=O)N(CC(=O)NCC1CCCO1)c1c(F)cccc1F. The van der Waals surface area contributed by atoms with Crippen molar-refractivity contribution in [3.63, 3.8) is 0 Å². The quantitative estimate of drug-likeness (QED) is 0.899. The van der Waals surface area contributed by atoms with Gasteiger partial charge in [0.2, 0.25) is 11.8 Å². The molecule has 1 N–H and O–H groups in total. The molecular formula is C15H18F2N2O3. The Morgan fingerprint density at radius 3 is 2.59 bits per heavy atom. The first kappa shape index (κ1) is 16.4. The lowest BCUT2D eigenvalue weighted by Gasteiger charge is -2.22. The molecule has 1 aliphatic heterocycles. The van der Waals surface area contributed by atoms with Crippen LogP contribution in [0.15, 0.2) is 18.2 Å². The van der Waals surface area contributed by atoms with Crippen molar-refractivity contribution >= 4 is 17.5 Å². The summed E-state index contributed by atoms with van der Waals surface area (Å²) in [5.74, 6) is -2.88. The summed E-state index contributed by atoms with van der Waals surface area (Å²) in [7, 11) is 0. The van der Waals surface area contributed by atoms with E-state index in [-0.39, 0.29) is 6.10 Å². The zero-order chi connectivity index (χ0) is 16.1. The lowest BCUT2D eigenvalue weighted by atomic mass is 10.2. The van der Waals surface area contributed by atoms with Crippen molar-refractivity contribution in [3.8, 4) is 0 Å². The number of rotatable bonds is 5. The van der Waals surface area contributed by atoms with Crippen LogP contribution in [-0.4, -0.2) is 37.6 Å². The summed E-state index contributed by atoms with van der Waals surface area (Å²) in [4.78, 5) is 24.3. The van der Waals surface area contributed by atoms with Gasteiger partial charge in [-0.2, -0.15) is 0 Å². The maximum absolute atomic E-state index is 13.8. The summed E-state index contributed by atoms with van der Waals surface area (Å²) in [5, 5.41) is 2.62. The lowest BCUT2D eigenvalue weighted by molar-refractivity contribution is -0.123. The molecule has 0 aromatic heterocycles. The van der Waals surface area contributed by atoms with Crippen LogP contribution < -0.4 is 10.2 Å². The number of ether oxygens (including phenoxy) is 1. The number of para-hydroxylation sites is 1. The Balaban J connectivity index is 2.02. The molecule has 2 amide bonds. The van der Waals surface area contributed by atoms with Gasteiger partial charge in [0.05, 0.1) is 6.10 Å². The molecular weight excluding hydrogens is 294 g/mol. The molecule has 7 heteroatoms. The molecule has 1 unspecified atom stereocenters. The summed E-state index contributed by atoms with van der Waals surface area (Å²) in [6.07, 6.45) is 1.76. The standard InChI is InChI=1S/C15H18F2N2O3/c1-10(20)19(15-12(16)5-2-6-13(15)17)9-14(21)18-8-11-4-3-7-22-11/h2,5-6,11H,3-4,7-9H2,1H3,(H,18,21). The summed E-state index contributed by atoms with van der Waals surface area (Å²) >= 11 is 0. The van der Waals surface area contributed by atoms with Gasteiger partial charge in [-0.1, -0.05) is 6.07 Å². The van der Waals surface area contributed by atoms with E-state index in [1.54, 1.807) is 0 Å². The predicted molar refractivity (Wildman–Crippen MR) is 76.4 cm³/mol. The highest BCUT2D eigenvalue weighted by Gasteiger charge is 2.23. The molecule has 2 rings (SSSR count). The van der Waals surface area contributed by atoms with Gasteiger partial charge in [-0.3, -0.25) is 14.5 Å². The summed E-state index contributed by atoms with van der Waals surface area (Å²) < 4.78 is 32.9. The Kier molecular flexibility index (Phi) is 5.43. The second-order valence-electron chi connectivity index (χ2n) is 5.11. The number of carbonyl (C=O) groups is 2. The number of nitrogens with zero attached hydrogens (tertiary/aromatic N) is 1. The van der Waals surface area contributed by atoms with Crippen LogP contribution in [0.2, 0.25) is 0 Å². The van der Waals surface area contributed by atoms with E-state index in [1.165, 1.54) is 6.07 Å². The molecule has 0 bridgehead atoms. The number of hydrogen-bond donors (Lipinski definition) is 1. The molecule has 22 heavy (non-hydrogen) atoms. The number of nitrogens with one attached hydrogen (secondary N) is 1. The van der Waals surface area contributed by atoms with E-state index >= 15 is 0 Å². The first-order valence-electron chi connectivity index (χ1n) is 7.09. The van der Waals surface area contributed by atoms with Crippen molar-refractivity contribution in [1.82, 2.24) is 5.32 Å². The van der Waals surface area contributed by atoms with Gasteiger partial charge < -0.3 is 10.1 Å². The second kappa shape index (κ2) is 7.31. The van der Waals surface area contributed by atoms with Crippen molar-refractivity contribution in [1.29, 1.82) is 0 Å². The topological polar surface area (TPSA) is 58.6 Å². The van der Waals surface area contributed by atoms with Crippen LogP contribution in [0.1, 0.15) is 19.8 Å². The summed E-state index contributed by atoms with van der Waals surface area (Å²) in [5.41, 5.74) is -0.512. The smallest absolute Gasteiger partial charge is 0.240 e. The monoisotopic (exact) mass is 312 g/mol. The Morgan fingerprint density at radius 1 is 1.36 bits per heavy atom. The third-order valence-electron chi connectivity index (χ3n) is 3.44. The molecule has 1 aromatic rings. The van der Waals surface area contributed by atoms with Crippen LogP contribution >= 0.6 is 0 Å². The van der Waals surface area contributed by atoms with Crippen LogP contribution in [-0.2, 0) is 14.3 Å². The summed E-state index contributed by atoms with van der Waals surface area (Å²) in [6.45, 7) is 1.70. The van der Waals surface area contributed by atoms with Gasteiger partial charge >= 0.3 is 0 Å². The van der Waals surface area contributed by atoms with Crippen LogP contribution in [0, 0.1) is 11.6 Å². The zero-order valence-corrected chi connectivity index (χ0v) is 12.3. The number of benzene rings is 1. The second-order valence-corrected chi connectivity index (χ2v) is 5.11. The minimum Gasteiger partial charge on any atom is -0.376 e. The van der Waals surface area contributed by atoms with E-state index in [2.05, 4.69) is 5.32 Å². The van der Waals surface area contributed by atoms with Crippen molar-refractivity contribution in [2.24, 2.45) is 0 Å². The maximum atomic E-state index is 13.8. The Labute approximate surface area is 127 Å². The lowest BCUT2D eigenvalue weighted by Crippen LogP contribution is -2.42. The van der Waals surface area contributed by atoms with Crippen LogP contribution in [0.25, 0.3) is 0 Å². The normalized spacial score (nSPS) is 17.3. The average Bonchev–Trinajstić information content (AvgIpc) is 2.97. The fourth-order valence-electron chi connectivity index (χ4n) is 2.33. The van der Waals surface area contributed by atoms with E-state index in [4.69, 9.17) is 4.74 Å². The van der Waals surface area contributed by atoms with Gasteiger partial charge in [-0.05, 0) is 25.0 Å². The minimum atomic E-state index is -0.887. The van der Waals surface area contributed by atoms with Gasteiger partial charge in [0.25, 0.3) is 0 Å². The van der Waals surface area contributed by atoms with Crippen LogP contribution in [0.5, 0.6) is 0 Å². The van der Waals surface area contributed by atoms with Gasteiger partial charge in [0, 0.05) is 20.1 Å². The van der Waals surface area contributed by atoms with Crippen molar-refractivity contribution in [3.05, 3.63) is 29.8 Å². The maximum Gasteiger partial charge on any atom is 0.240 e. The fraction of sp³-hybridized carbons (Fsp3) is 0.467. The van der Waals surface area contributed by atoms with Crippen molar-refractivity contribution in [2.75, 3.05) is 24.6 Å². The van der Waals surface area contributed by atoms with Gasteiger partial charge in [-0.25, -0.2) is 8.78 Å². The third-order valence-corrected chi connectivity index (χ3v) is 3.44. The molecule has 1 fully saturated rings. The molecule has 0 spiro atoms. The highest BCUT2D eigenvalue weighted by Crippen LogP contribution is 2.23. The molecule has 1 aliphatic rings. The molecule has 0 saturated carbocycles. The molecule has 1 heterocycles. The van der Waals surface area contributed by atoms with Gasteiger partial charge in [0.15, 0.2) is 0 Å². The van der Waals surface area contributed by atoms with E-state index in [0.717, 1.165) is 36.8 Å². The minimum absolute atomic E-state index is 0.0417. The Morgan fingerprint density at radius 2 is 2.05 bits per heavy atom. The first-order valence-corrected chi connectivity index (χ1v) is 7.09. The van der Waals surface area contributed by atoms with Crippen LogP contribution in [0.4, 0.5) is 14.5 Å². The molecule has 0 radical (unpaired) electrons. The average molecular weight is 312 g/mol. The van der Waals surface area contributed by atoms with E-state index in [9.17, 15) is 18.4 Å². The highest BCUT2D eigenvalue weighted by atomic mass is 19.1. The van der Waals surface area contributed by atoms with Gasteiger partial charge in [-0.15, -0.1) is 0 Å². The number of hydrogen-bond acceptors (Lipinski definition) is 3. The van der Waals surface area contributed by atoms with Crippen molar-refractivity contribution < 1.29 is 23.1 Å². The first-order chi connectivity index (χ1) is 10.5.